The van der Waals surface area contributed by atoms with Gasteiger partial charge in [-0.15, -0.1) is 0 Å². The summed E-state index contributed by atoms with van der Waals surface area (Å²) in [6, 6.07) is 13.3. The molecule has 0 unspecified atom stereocenters. The Bertz CT molecular complexity index is 1000. The summed E-state index contributed by atoms with van der Waals surface area (Å²) in [6.45, 7) is 15.5. The number of hydrogen-bond donors (Lipinski definition) is 0. The number of nitrogens with zero attached hydrogens (tertiary/aromatic N) is 3. The van der Waals surface area contributed by atoms with Crippen LogP contribution in [0.25, 0.3) is 11.2 Å². The van der Waals surface area contributed by atoms with Crippen LogP contribution >= 0.6 is 9.19 Å². The van der Waals surface area contributed by atoms with Gasteiger partial charge in [-0.2, -0.15) is 0 Å². The maximum atomic E-state index is 6.67. The minimum absolute atomic E-state index is 0.450. The third-order valence-electron chi connectivity index (χ3n) is 5.33. The first kappa shape index (κ1) is 21.4. The van der Waals surface area contributed by atoms with E-state index in [1.54, 1.807) is 0 Å². The fourth-order valence-electron chi connectivity index (χ4n) is 3.87. The van der Waals surface area contributed by atoms with Crippen LogP contribution in [-0.4, -0.2) is 22.1 Å². The van der Waals surface area contributed by atoms with Crippen molar-refractivity contribution in [3.63, 3.8) is 0 Å². The Morgan fingerprint density at radius 1 is 0.929 bits per heavy atom. The first-order valence-electron chi connectivity index (χ1n) is 10.1. The van der Waals surface area contributed by atoms with Crippen molar-refractivity contribution in [3.8, 4) is 5.69 Å². The molecular formula is C23H31AuClN3. The molecule has 1 aromatic carbocycles. The number of benzene rings is 1. The number of halogens is 1. The van der Waals surface area contributed by atoms with Gasteiger partial charge in [-0.3, -0.25) is 0 Å². The van der Waals surface area contributed by atoms with Crippen LogP contribution in [0.15, 0.2) is 42.6 Å². The van der Waals surface area contributed by atoms with Gasteiger partial charge in [0.1, 0.15) is 0 Å². The van der Waals surface area contributed by atoms with Gasteiger partial charge in [0.25, 0.3) is 0 Å². The molecule has 0 aliphatic carbocycles. The molecule has 0 bridgehead atoms. The molecular weight excluding hydrogens is 551 g/mol. The van der Waals surface area contributed by atoms with Gasteiger partial charge in [0.15, 0.2) is 0 Å². The monoisotopic (exact) mass is 581 g/mol. The zero-order valence-electron chi connectivity index (χ0n) is 17.6. The molecule has 2 heterocycles. The molecule has 0 saturated heterocycles. The van der Waals surface area contributed by atoms with E-state index in [4.69, 9.17) is 9.19 Å². The van der Waals surface area contributed by atoms with E-state index in [9.17, 15) is 0 Å². The fraction of sp³-hybridized carbons (Fsp3) is 0.435. The third kappa shape index (κ3) is 3.78. The molecule has 156 valence electrons. The van der Waals surface area contributed by atoms with Gasteiger partial charge in [0.05, 0.1) is 0 Å². The average Bonchev–Trinajstić information content (AvgIpc) is 3.07. The predicted octanol–water partition coefficient (Wildman–Crippen LogP) is 6.59. The van der Waals surface area contributed by atoms with E-state index in [0.29, 0.717) is 11.8 Å². The average molecular weight is 582 g/mol. The molecule has 28 heavy (non-hydrogen) atoms. The van der Waals surface area contributed by atoms with Gasteiger partial charge in [0.2, 0.25) is 0 Å². The van der Waals surface area contributed by atoms with E-state index < -0.39 is 18.2 Å². The van der Waals surface area contributed by atoms with E-state index in [-0.39, 0.29) is 0 Å². The maximum absolute atomic E-state index is 6.67. The molecule has 0 saturated carbocycles. The molecule has 3 rings (SSSR count). The molecule has 0 fully saturated rings. The number of aromatic nitrogens is 2. The van der Waals surface area contributed by atoms with E-state index in [0.717, 1.165) is 13.1 Å². The van der Waals surface area contributed by atoms with Crippen LogP contribution in [0.2, 0.25) is 0 Å². The number of hydrogen-bond acceptors (Lipinski definition) is 1. The molecule has 0 aliphatic heterocycles. The first-order chi connectivity index (χ1) is 13.4. The number of imidazole rings is 1. The van der Waals surface area contributed by atoms with Gasteiger partial charge in [-0.1, -0.05) is 0 Å². The number of rotatable bonds is 6. The zero-order chi connectivity index (χ0) is 20.4. The van der Waals surface area contributed by atoms with Crippen LogP contribution in [0.3, 0.4) is 0 Å². The van der Waals surface area contributed by atoms with Crippen molar-refractivity contribution in [2.45, 2.75) is 53.4 Å². The van der Waals surface area contributed by atoms with Crippen molar-refractivity contribution < 1.29 is 18.2 Å². The molecule has 3 aromatic rings. The fourth-order valence-corrected chi connectivity index (χ4v) is 6.03. The molecule has 0 aliphatic rings. The van der Waals surface area contributed by atoms with Crippen molar-refractivity contribution >= 4 is 20.5 Å². The van der Waals surface area contributed by atoms with Gasteiger partial charge in [0, 0.05) is 0 Å². The summed E-state index contributed by atoms with van der Waals surface area (Å²) in [6.07, 6.45) is 2.27. The molecule has 5 heteroatoms. The van der Waals surface area contributed by atoms with Crippen LogP contribution in [0.4, 0.5) is 5.82 Å². The Balaban J connectivity index is 2.43. The van der Waals surface area contributed by atoms with Crippen LogP contribution < -0.4 is 4.90 Å². The topological polar surface area (TPSA) is 12.6 Å². The number of pyridine rings is 1. The molecule has 0 radical (unpaired) electrons. The molecule has 0 atom stereocenters. The Morgan fingerprint density at radius 3 is 2.00 bits per heavy atom. The number of para-hydroxylation sites is 1. The van der Waals surface area contributed by atoms with Gasteiger partial charge < -0.3 is 0 Å². The summed E-state index contributed by atoms with van der Waals surface area (Å²) >= 11 is -0.521. The van der Waals surface area contributed by atoms with Crippen LogP contribution in [0.1, 0.15) is 64.5 Å². The summed E-state index contributed by atoms with van der Waals surface area (Å²) < 4.78 is 5.94. The number of anilines is 1. The van der Waals surface area contributed by atoms with Crippen molar-refractivity contribution in [1.82, 2.24) is 8.97 Å². The van der Waals surface area contributed by atoms with Crippen molar-refractivity contribution in [2.75, 3.05) is 18.0 Å². The molecule has 0 N–H and O–H groups in total. The second-order valence-electron chi connectivity index (χ2n) is 7.70. The molecule has 2 aromatic heterocycles. The van der Waals surface area contributed by atoms with Crippen LogP contribution in [-0.2, 0) is 18.2 Å². The quantitative estimate of drug-likeness (QED) is 0.299. The van der Waals surface area contributed by atoms with Crippen molar-refractivity contribution in [3.05, 3.63) is 57.4 Å². The van der Waals surface area contributed by atoms with E-state index in [1.165, 1.54) is 31.8 Å². The third-order valence-corrected chi connectivity index (χ3v) is 7.54. The van der Waals surface area contributed by atoms with Gasteiger partial charge >= 0.3 is 182 Å². The Hall–Kier alpha value is -1.26. The van der Waals surface area contributed by atoms with Crippen LogP contribution in [0, 0.1) is 3.63 Å². The van der Waals surface area contributed by atoms with E-state index in [1.807, 2.05) is 0 Å². The van der Waals surface area contributed by atoms with Crippen molar-refractivity contribution in [2.24, 2.45) is 0 Å². The summed E-state index contributed by atoms with van der Waals surface area (Å²) in [5.74, 6) is 2.12. The van der Waals surface area contributed by atoms with E-state index in [2.05, 4.69) is 98.0 Å². The summed E-state index contributed by atoms with van der Waals surface area (Å²) in [5, 5.41) is 0. The first-order valence-corrected chi connectivity index (χ1v) is 13.8. The zero-order valence-corrected chi connectivity index (χ0v) is 20.6. The van der Waals surface area contributed by atoms with Crippen molar-refractivity contribution in [1.29, 1.82) is 0 Å². The SMILES string of the molecule is CCN(CC)c1cccc2cn(-c3c(C(C)C)cccc3C(C)C)[c](=[Au][Cl])n12. The molecule has 3 nitrogen and oxygen atoms in total. The minimum atomic E-state index is -0.521. The summed E-state index contributed by atoms with van der Waals surface area (Å²) in [5.41, 5.74) is 5.27. The standard InChI is InChI=1S/C23H31N3.Au.ClH/c1-7-24(8-2)22-14-9-11-19-15-25(16-26(19)22)23-20(17(3)4)12-10-13-21(23)18(5)6;;/h9-15,17-18H,7-8H2,1-6H3;;1H/q;+1;/p-1. The molecule has 0 spiro atoms. The van der Waals surface area contributed by atoms with Gasteiger partial charge in [-0.05, 0) is 0 Å². The second-order valence-corrected chi connectivity index (χ2v) is 10.0. The van der Waals surface area contributed by atoms with E-state index >= 15 is 0 Å². The Morgan fingerprint density at radius 2 is 1.50 bits per heavy atom. The Labute approximate surface area is 181 Å². The predicted molar refractivity (Wildman–Crippen MR) is 118 cm³/mol. The summed E-state index contributed by atoms with van der Waals surface area (Å²) in [4.78, 5) is 2.40. The molecule has 0 amide bonds. The normalized spacial score (nSPS) is 13.1. The second kappa shape index (κ2) is 9.04. The Kier molecular flexibility index (Phi) is 6.93. The number of fused-ring (bicyclic) bond motifs is 1. The van der Waals surface area contributed by atoms with Crippen LogP contribution in [0.5, 0.6) is 0 Å². The summed E-state index contributed by atoms with van der Waals surface area (Å²) in [7, 11) is 6.67. The van der Waals surface area contributed by atoms with Gasteiger partial charge in [-0.25, -0.2) is 0 Å².